The van der Waals surface area contributed by atoms with Crippen molar-refractivity contribution in [1.29, 1.82) is 0 Å². The highest BCUT2D eigenvalue weighted by Crippen LogP contribution is 2.27. The van der Waals surface area contributed by atoms with Crippen molar-refractivity contribution in [2.45, 2.75) is 38.3 Å². The highest BCUT2D eigenvalue weighted by atomic mass is 79.9. The Bertz CT molecular complexity index is 340. The van der Waals surface area contributed by atoms with Crippen LogP contribution in [0.15, 0.2) is 19.6 Å². The molecule has 2 rings (SSSR count). The van der Waals surface area contributed by atoms with Crippen LogP contribution in [0.2, 0.25) is 0 Å². The largest absolute Gasteiger partial charge is 0.452 e. The second kappa shape index (κ2) is 6.36. The van der Waals surface area contributed by atoms with Gasteiger partial charge in [0.2, 0.25) is 0 Å². The molecule has 96 valence electrons. The predicted octanol–water partition coefficient (Wildman–Crippen LogP) is 3.45. The first-order valence-electron chi connectivity index (χ1n) is 5.97. The molecule has 1 saturated carbocycles. The van der Waals surface area contributed by atoms with Crippen molar-refractivity contribution >= 4 is 31.9 Å². The monoisotopic (exact) mass is 365 g/mol. The van der Waals surface area contributed by atoms with E-state index in [2.05, 4.69) is 37.2 Å². The van der Waals surface area contributed by atoms with E-state index in [1.807, 2.05) is 6.07 Å². The van der Waals surface area contributed by atoms with Gasteiger partial charge in [0.05, 0.1) is 17.1 Å². The highest BCUT2D eigenvalue weighted by molar-refractivity contribution is 9.13. The summed E-state index contributed by atoms with van der Waals surface area (Å²) in [6.45, 7) is 1.76. The van der Waals surface area contributed by atoms with E-state index in [0.29, 0.717) is 5.92 Å². The summed E-state index contributed by atoms with van der Waals surface area (Å²) in [5, 5.41) is 12.8. The number of nitrogens with one attached hydrogen (secondary N) is 1. The summed E-state index contributed by atoms with van der Waals surface area (Å²) in [5.41, 5.74) is 0. The Kier molecular flexibility index (Phi) is 5.09. The van der Waals surface area contributed by atoms with Gasteiger partial charge < -0.3 is 14.8 Å². The van der Waals surface area contributed by atoms with Crippen LogP contribution in [0, 0.1) is 5.92 Å². The maximum absolute atomic E-state index is 9.42. The van der Waals surface area contributed by atoms with Crippen molar-refractivity contribution in [2.75, 3.05) is 6.54 Å². The fourth-order valence-electron chi connectivity index (χ4n) is 2.23. The molecule has 17 heavy (non-hydrogen) atoms. The van der Waals surface area contributed by atoms with Gasteiger partial charge in [0.25, 0.3) is 0 Å². The third-order valence-corrected chi connectivity index (χ3v) is 4.95. The minimum absolute atomic E-state index is 0.0664. The van der Waals surface area contributed by atoms with Gasteiger partial charge in [-0.15, -0.1) is 0 Å². The minimum atomic E-state index is -0.0664. The summed E-state index contributed by atoms with van der Waals surface area (Å²) < 4.78 is 7.19. The molecule has 0 saturated heterocycles. The van der Waals surface area contributed by atoms with Gasteiger partial charge in [-0.3, -0.25) is 0 Å². The van der Waals surface area contributed by atoms with Crippen LogP contribution >= 0.6 is 31.9 Å². The molecule has 1 aromatic heterocycles. The zero-order valence-corrected chi connectivity index (χ0v) is 12.8. The molecular formula is C12H17Br2NO2. The lowest BCUT2D eigenvalue weighted by Crippen LogP contribution is -2.27. The lowest BCUT2D eigenvalue weighted by Gasteiger charge is -2.25. The fraction of sp³-hybridized carbons (Fsp3) is 0.667. The summed E-state index contributed by atoms with van der Waals surface area (Å²) in [4.78, 5) is 0. The van der Waals surface area contributed by atoms with Gasteiger partial charge >= 0.3 is 0 Å². The molecule has 0 aromatic carbocycles. The van der Waals surface area contributed by atoms with Gasteiger partial charge in [0.15, 0.2) is 4.67 Å². The molecule has 0 radical (unpaired) electrons. The highest BCUT2D eigenvalue weighted by Gasteiger charge is 2.18. The Balaban J connectivity index is 1.69. The van der Waals surface area contributed by atoms with Crippen molar-refractivity contribution < 1.29 is 9.52 Å². The zero-order chi connectivity index (χ0) is 12.3. The van der Waals surface area contributed by atoms with Crippen LogP contribution in [0.3, 0.4) is 0 Å². The SMILES string of the molecule is OC1CCC(CNCc2cc(Br)c(Br)o2)CC1. The van der Waals surface area contributed by atoms with E-state index in [1.54, 1.807) is 0 Å². The summed E-state index contributed by atoms with van der Waals surface area (Å²) in [7, 11) is 0. The van der Waals surface area contributed by atoms with Gasteiger partial charge in [-0.2, -0.15) is 0 Å². The number of furan rings is 1. The van der Waals surface area contributed by atoms with Crippen LogP contribution < -0.4 is 5.32 Å². The number of halogens is 2. The maximum atomic E-state index is 9.42. The zero-order valence-electron chi connectivity index (χ0n) is 9.59. The summed E-state index contributed by atoms with van der Waals surface area (Å²) in [6.07, 6.45) is 4.08. The molecule has 3 nitrogen and oxygen atoms in total. The van der Waals surface area contributed by atoms with Crippen LogP contribution in [0.1, 0.15) is 31.4 Å². The standard InChI is InChI=1S/C12H17Br2NO2/c13-11-5-10(17-12(11)14)7-15-6-8-1-3-9(16)4-2-8/h5,8-9,15-16H,1-4,6-7H2. The number of rotatable bonds is 4. The molecule has 1 aromatic rings. The van der Waals surface area contributed by atoms with E-state index in [4.69, 9.17) is 4.42 Å². The van der Waals surface area contributed by atoms with Gasteiger partial charge in [-0.1, -0.05) is 0 Å². The maximum Gasteiger partial charge on any atom is 0.183 e. The molecule has 2 N–H and O–H groups in total. The van der Waals surface area contributed by atoms with Gasteiger partial charge in [0, 0.05) is 0 Å². The second-order valence-corrected chi connectivity index (χ2v) is 6.21. The molecule has 0 aliphatic heterocycles. The normalized spacial score (nSPS) is 25.1. The van der Waals surface area contributed by atoms with Crippen molar-refractivity contribution in [1.82, 2.24) is 5.32 Å². The van der Waals surface area contributed by atoms with E-state index >= 15 is 0 Å². The minimum Gasteiger partial charge on any atom is -0.452 e. The quantitative estimate of drug-likeness (QED) is 0.857. The summed E-state index contributed by atoms with van der Waals surface area (Å²) in [5.74, 6) is 1.62. The lowest BCUT2D eigenvalue weighted by atomic mass is 9.87. The molecular weight excluding hydrogens is 350 g/mol. The van der Waals surface area contributed by atoms with Gasteiger partial charge in [-0.25, -0.2) is 0 Å². The Labute approximate surface area is 118 Å². The lowest BCUT2D eigenvalue weighted by molar-refractivity contribution is 0.108. The number of aliphatic hydroxyl groups excluding tert-OH is 1. The van der Waals surface area contributed by atoms with Gasteiger partial charge in [0.1, 0.15) is 5.76 Å². The molecule has 1 aliphatic rings. The number of hydrogen-bond donors (Lipinski definition) is 2. The molecule has 1 fully saturated rings. The third kappa shape index (κ3) is 4.09. The third-order valence-electron chi connectivity index (χ3n) is 3.24. The average molecular weight is 367 g/mol. The van der Waals surface area contributed by atoms with E-state index in [-0.39, 0.29) is 6.10 Å². The second-order valence-electron chi connectivity index (χ2n) is 4.64. The molecule has 1 heterocycles. The number of aliphatic hydroxyl groups is 1. The molecule has 5 heteroatoms. The average Bonchev–Trinajstić information content (AvgIpc) is 2.61. The van der Waals surface area contributed by atoms with E-state index in [1.165, 1.54) is 0 Å². The molecule has 0 bridgehead atoms. The van der Waals surface area contributed by atoms with E-state index in [9.17, 15) is 5.11 Å². The van der Waals surface area contributed by atoms with Crippen molar-refractivity contribution in [3.8, 4) is 0 Å². The first kappa shape index (κ1) is 13.6. The summed E-state index contributed by atoms with van der Waals surface area (Å²) in [6, 6.07) is 1.97. The van der Waals surface area contributed by atoms with Crippen LogP contribution in [0.25, 0.3) is 0 Å². The van der Waals surface area contributed by atoms with E-state index in [0.717, 1.165) is 53.7 Å². The predicted molar refractivity (Wildman–Crippen MR) is 73.8 cm³/mol. The smallest absolute Gasteiger partial charge is 0.183 e. The van der Waals surface area contributed by atoms with Crippen LogP contribution in [-0.2, 0) is 6.54 Å². The Hall–Kier alpha value is 0.160. The topological polar surface area (TPSA) is 45.4 Å². The molecule has 0 amide bonds. The Morgan fingerprint density at radius 1 is 1.29 bits per heavy atom. The molecule has 0 spiro atoms. The van der Waals surface area contributed by atoms with Crippen molar-refractivity contribution in [2.24, 2.45) is 5.92 Å². The van der Waals surface area contributed by atoms with Crippen LogP contribution in [0.5, 0.6) is 0 Å². The van der Waals surface area contributed by atoms with Crippen molar-refractivity contribution in [3.63, 3.8) is 0 Å². The fourth-order valence-corrected chi connectivity index (χ4v) is 2.89. The molecule has 0 atom stereocenters. The van der Waals surface area contributed by atoms with Crippen LogP contribution in [-0.4, -0.2) is 17.8 Å². The Morgan fingerprint density at radius 2 is 2.00 bits per heavy atom. The molecule has 1 aliphatic carbocycles. The first-order chi connectivity index (χ1) is 8.15. The van der Waals surface area contributed by atoms with E-state index < -0.39 is 0 Å². The van der Waals surface area contributed by atoms with Crippen LogP contribution in [0.4, 0.5) is 0 Å². The first-order valence-corrected chi connectivity index (χ1v) is 7.56. The number of hydrogen-bond acceptors (Lipinski definition) is 3. The molecule has 0 unspecified atom stereocenters. The summed E-state index contributed by atoms with van der Waals surface area (Å²) >= 11 is 6.72. The van der Waals surface area contributed by atoms with Crippen molar-refractivity contribution in [3.05, 3.63) is 21.0 Å². The van der Waals surface area contributed by atoms with Gasteiger partial charge in [-0.05, 0) is 76.1 Å². The Morgan fingerprint density at radius 3 is 2.59 bits per heavy atom.